The number of amides is 2. The molecular weight excluding hydrogens is 253 g/mol. The number of hydrogen-bond acceptors (Lipinski definition) is 4. The van der Waals surface area contributed by atoms with E-state index in [1.165, 1.54) is 19.2 Å². The Balaban J connectivity index is 2.83. The second-order valence-electron chi connectivity index (χ2n) is 3.89. The van der Waals surface area contributed by atoms with Gasteiger partial charge in [-0.25, -0.2) is 9.18 Å². The highest BCUT2D eigenvalue weighted by Gasteiger charge is 2.15. The third kappa shape index (κ3) is 4.22. The SMILES string of the molecule is CNC(=O)c1ccc(CC(CN)OC(N)=O)cc1F. The number of carbonyl (C=O) groups excluding carboxylic acids is 2. The van der Waals surface area contributed by atoms with Gasteiger partial charge in [-0.1, -0.05) is 6.07 Å². The summed E-state index contributed by atoms with van der Waals surface area (Å²) in [5.41, 5.74) is 10.8. The van der Waals surface area contributed by atoms with Gasteiger partial charge in [-0.15, -0.1) is 0 Å². The van der Waals surface area contributed by atoms with Crippen LogP contribution in [0.25, 0.3) is 0 Å². The van der Waals surface area contributed by atoms with Crippen LogP contribution in [-0.4, -0.2) is 31.7 Å². The zero-order valence-electron chi connectivity index (χ0n) is 10.5. The van der Waals surface area contributed by atoms with Crippen molar-refractivity contribution in [2.75, 3.05) is 13.6 Å². The number of ether oxygens (including phenoxy) is 1. The van der Waals surface area contributed by atoms with Gasteiger partial charge in [0.15, 0.2) is 0 Å². The summed E-state index contributed by atoms with van der Waals surface area (Å²) >= 11 is 0. The van der Waals surface area contributed by atoms with E-state index in [0.717, 1.165) is 0 Å². The van der Waals surface area contributed by atoms with Crippen LogP contribution in [0, 0.1) is 5.82 Å². The maximum Gasteiger partial charge on any atom is 0.404 e. The van der Waals surface area contributed by atoms with Crippen molar-refractivity contribution in [2.24, 2.45) is 11.5 Å². The normalized spacial score (nSPS) is 11.7. The molecule has 0 spiro atoms. The van der Waals surface area contributed by atoms with E-state index in [1.54, 1.807) is 6.07 Å². The molecule has 1 rings (SSSR count). The van der Waals surface area contributed by atoms with E-state index in [4.69, 9.17) is 16.2 Å². The van der Waals surface area contributed by atoms with Crippen LogP contribution >= 0.6 is 0 Å². The van der Waals surface area contributed by atoms with Crippen molar-refractivity contribution in [3.63, 3.8) is 0 Å². The maximum absolute atomic E-state index is 13.7. The summed E-state index contributed by atoms with van der Waals surface area (Å²) in [4.78, 5) is 21.9. The first-order chi connectivity index (χ1) is 8.97. The fourth-order valence-corrected chi connectivity index (χ4v) is 1.60. The Hall–Kier alpha value is -2.15. The molecule has 0 aromatic heterocycles. The molecule has 19 heavy (non-hydrogen) atoms. The van der Waals surface area contributed by atoms with E-state index in [-0.39, 0.29) is 18.5 Å². The largest absolute Gasteiger partial charge is 0.445 e. The van der Waals surface area contributed by atoms with Gasteiger partial charge in [-0.3, -0.25) is 4.79 Å². The Morgan fingerprint density at radius 2 is 2.16 bits per heavy atom. The minimum Gasteiger partial charge on any atom is -0.445 e. The van der Waals surface area contributed by atoms with Gasteiger partial charge in [0.2, 0.25) is 0 Å². The van der Waals surface area contributed by atoms with Crippen LogP contribution in [0.3, 0.4) is 0 Å². The summed E-state index contributed by atoms with van der Waals surface area (Å²) in [6.45, 7) is 0.0712. The van der Waals surface area contributed by atoms with E-state index in [2.05, 4.69) is 5.32 Å². The van der Waals surface area contributed by atoms with Gasteiger partial charge in [0.25, 0.3) is 5.91 Å². The molecule has 2 amide bonds. The molecule has 0 saturated heterocycles. The molecular formula is C12H16FN3O3. The first-order valence-corrected chi connectivity index (χ1v) is 5.64. The summed E-state index contributed by atoms with van der Waals surface area (Å²) in [5.74, 6) is -1.15. The molecule has 6 nitrogen and oxygen atoms in total. The first-order valence-electron chi connectivity index (χ1n) is 5.64. The number of nitrogens with two attached hydrogens (primary N) is 2. The van der Waals surface area contributed by atoms with Crippen molar-refractivity contribution >= 4 is 12.0 Å². The molecule has 0 saturated carbocycles. The van der Waals surface area contributed by atoms with Gasteiger partial charge in [0, 0.05) is 20.0 Å². The monoisotopic (exact) mass is 269 g/mol. The Kier molecular flexibility index (Phi) is 5.25. The number of benzene rings is 1. The number of nitrogens with one attached hydrogen (secondary N) is 1. The highest BCUT2D eigenvalue weighted by molar-refractivity contribution is 5.94. The number of halogens is 1. The van der Waals surface area contributed by atoms with Crippen LogP contribution in [0.4, 0.5) is 9.18 Å². The van der Waals surface area contributed by atoms with Gasteiger partial charge in [0.1, 0.15) is 11.9 Å². The lowest BCUT2D eigenvalue weighted by molar-refractivity contribution is 0.0959. The Bertz CT molecular complexity index is 479. The molecule has 1 aromatic rings. The van der Waals surface area contributed by atoms with Crippen molar-refractivity contribution in [3.05, 3.63) is 35.1 Å². The molecule has 1 aromatic carbocycles. The lowest BCUT2D eigenvalue weighted by atomic mass is 10.0. The number of rotatable bonds is 5. The third-order valence-electron chi connectivity index (χ3n) is 2.51. The number of primary amides is 1. The van der Waals surface area contributed by atoms with Crippen LogP contribution in [0.15, 0.2) is 18.2 Å². The molecule has 7 heteroatoms. The molecule has 0 bridgehead atoms. The average molecular weight is 269 g/mol. The zero-order valence-corrected chi connectivity index (χ0v) is 10.5. The molecule has 0 fully saturated rings. The second-order valence-corrected chi connectivity index (χ2v) is 3.89. The highest BCUT2D eigenvalue weighted by Crippen LogP contribution is 2.13. The minimum atomic E-state index is -0.932. The zero-order chi connectivity index (χ0) is 14.4. The fraction of sp³-hybridized carbons (Fsp3) is 0.333. The van der Waals surface area contributed by atoms with Gasteiger partial charge in [0.05, 0.1) is 5.56 Å². The smallest absolute Gasteiger partial charge is 0.404 e. The van der Waals surface area contributed by atoms with Crippen molar-refractivity contribution in [1.82, 2.24) is 5.32 Å². The summed E-state index contributed by atoms with van der Waals surface area (Å²) in [6, 6.07) is 4.14. The average Bonchev–Trinajstić information content (AvgIpc) is 2.36. The molecule has 0 heterocycles. The third-order valence-corrected chi connectivity index (χ3v) is 2.51. The Morgan fingerprint density at radius 1 is 1.47 bits per heavy atom. The predicted octanol–water partition coefficient (Wildman–Crippen LogP) is 0.150. The Labute approximate surface area is 109 Å². The molecule has 0 radical (unpaired) electrons. The first kappa shape index (κ1) is 14.9. The van der Waals surface area contributed by atoms with E-state index >= 15 is 0 Å². The molecule has 0 aliphatic carbocycles. The van der Waals surface area contributed by atoms with Crippen LogP contribution < -0.4 is 16.8 Å². The molecule has 5 N–H and O–H groups in total. The minimum absolute atomic E-state index is 0.0497. The van der Waals surface area contributed by atoms with Crippen LogP contribution in [-0.2, 0) is 11.2 Å². The molecule has 1 unspecified atom stereocenters. The van der Waals surface area contributed by atoms with Crippen LogP contribution in [0.1, 0.15) is 15.9 Å². The fourth-order valence-electron chi connectivity index (χ4n) is 1.60. The molecule has 1 atom stereocenters. The summed E-state index contributed by atoms with van der Waals surface area (Å²) in [7, 11) is 1.42. The molecule has 0 aliphatic rings. The summed E-state index contributed by atoms with van der Waals surface area (Å²) < 4.78 is 18.4. The standard InChI is InChI=1S/C12H16FN3O3/c1-16-11(17)9-3-2-7(5-10(9)13)4-8(6-14)19-12(15)18/h2-3,5,8H,4,6,14H2,1H3,(H2,15,18)(H,16,17). The molecule has 104 valence electrons. The van der Waals surface area contributed by atoms with Gasteiger partial charge >= 0.3 is 6.09 Å². The van der Waals surface area contributed by atoms with Crippen LogP contribution in [0.5, 0.6) is 0 Å². The van der Waals surface area contributed by atoms with Crippen molar-refractivity contribution in [2.45, 2.75) is 12.5 Å². The second kappa shape index (κ2) is 6.69. The van der Waals surface area contributed by atoms with Gasteiger partial charge < -0.3 is 21.5 Å². The van der Waals surface area contributed by atoms with Crippen molar-refractivity contribution in [3.8, 4) is 0 Å². The Morgan fingerprint density at radius 3 is 2.63 bits per heavy atom. The number of hydrogen-bond donors (Lipinski definition) is 3. The van der Waals surface area contributed by atoms with Crippen molar-refractivity contribution < 1.29 is 18.7 Å². The van der Waals surface area contributed by atoms with E-state index in [9.17, 15) is 14.0 Å². The van der Waals surface area contributed by atoms with Crippen molar-refractivity contribution in [1.29, 1.82) is 0 Å². The predicted molar refractivity (Wildman–Crippen MR) is 67.0 cm³/mol. The quantitative estimate of drug-likeness (QED) is 0.707. The maximum atomic E-state index is 13.7. The number of carbonyl (C=O) groups is 2. The summed E-state index contributed by atoms with van der Waals surface area (Å²) in [5, 5.41) is 2.33. The van der Waals surface area contributed by atoms with Gasteiger partial charge in [-0.2, -0.15) is 0 Å². The van der Waals surface area contributed by atoms with E-state index in [0.29, 0.717) is 5.56 Å². The highest BCUT2D eigenvalue weighted by atomic mass is 19.1. The lowest BCUT2D eigenvalue weighted by Crippen LogP contribution is -2.31. The lowest BCUT2D eigenvalue weighted by Gasteiger charge is -2.14. The molecule has 0 aliphatic heterocycles. The van der Waals surface area contributed by atoms with Gasteiger partial charge in [-0.05, 0) is 17.7 Å². The van der Waals surface area contributed by atoms with E-state index in [1.807, 2.05) is 0 Å². The van der Waals surface area contributed by atoms with Crippen LogP contribution in [0.2, 0.25) is 0 Å². The topological polar surface area (TPSA) is 107 Å². The van der Waals surface area contributed by atoms with E-state index < -0.39 is 23.9 Å². The summed E-state index contributed by atoms with van der Waals surface area (Å²) in [6.07, 6.45) is -1.33.